The Kier molecular flexibility index (Phi) is 19.8. The highest BCUT2D eigenvalue weighted by Crippen LogP contribution is 2.44. The van der Waals surface area contributed by atoms with Gasteiger partial charge in [0.25, 0.3) is 11.1 Å². The fourth-order valence-electron chi connectivity index (χ4n) is 11.8. The lowest BCUT2D eigenvalue weighted by molar-refractivity contribution is -0.172. The number of nitrogens with zero attached hydrogens (tertiary/aromatic N) is 4. The van der Waals surface area contributed by atoms with Crippen molar-refractivity contribution >= 4 is 59.9 Å². The molecule has 5 aliphatic rings. The number of aliphatic hydroxyl groups is 3. The molecule has 15 nitrogen and oxygen atoms in total. The number of aromatic nitrogens is 4. The van der Waals surface area contributed by atoms with Crippen molar-refractivity contribution in [2.24, 2.45) is 0 Å². The summed E-state index contributed by atoms with van der Waals surface area (Å²) >= 11 is 0. The van der Waals surface area contributed by atoms with Crippen LogP contribution < -0.4 is 11.1 Å². The van der Waals surface area contributed by atoms with E-state index in [2.05, 4.69) is 63.6 Å². The number of carbonyl (C=O) groups is 2. The SMILES string of the molecule is C1CCOC1.CCc1c2c(nc3cc(F)c(C)c(C#CCCO[Si](C)(C)C(C)(C)C)c13)-c1cc3c(c(=O)n1C2)COC(=O)[C@]3(O)CC.CCc1c2c(nc3cc(F)c(C)c(CCCCO)c13)-c1cc3c(c(=O)n1C2)COC(=O)[C@]3(O)CC.PP. The lowest BCUT2D eigenvalue weighted by Gasteiger charge is -2.35. The average Bonchev–Trinajstić information content (AvgIpc) is 1.78. The van der Waals surface area contributed by atoms with Crippen molar-refractivity contribution < 1.29 is 52.3 Å². The zero-order valence-electron chi connectivity index (χ0n) is 50.3. The number of halogens is 2. The van der Waals surface area contributed by atoms with E-state index in [-0.39, 0.29) is 83.4 Å². The Balaban J connectivity index is 0.000000199. The summed E-state index contributed by atoms with van der Waals surface area (Å²) in [6.45, 7) is 24.7. The van der Waals surface area contributed by atoms with Gasteiger partial charge >= 0.3 is 11.9 Å². The number of hydrogen-bond donors (Lipinski definition) is 3. The normalized spacial score (nSPS) is 18.1. The van der Waals surface area contributed by atoms with Gasteiger partial charge in [0.1, 0.15) is 24.8 Å². The van der Waals surface area contributed by atoms with Crippen LogP contribution in [0.5, 0.6) is 0 Å². The molecule has 4 aromatic heterocycles. The Hall–Kier alpha value is -5.60. The predicted octanol–water partition coefficient (Wildman–Crippen LogP) is 10.7. The largest absolute Gasteiger partial charge is 0.458 e. The van der Waals surface area contributed by atoms with Crippen LogP contribution in [0.15, 0.2) is 33.9 Å². The minimum Gasteiger partial charge on any atom is -0.458 e. The molecular weight excluding hydrogens is 1130 g/mol. The standard InChI is InChI=1S/C33H39FN2O5Si.C27H29FN2O5.C4H8O.H4P2/c1-9-20-22-17-36-27(15-24-23(30(36)37)18-40-31(38)33(24,39)10-2)29(22)35-26-16-25(34)19(3)21(28(20)26)13-11-12-14-41-42(7,8)32(4,5)6;1-4-15-17-12-30-22(10-19-18(25(30)32)13-35-26(33)27(19,34)5-2)24(17)29-21-11-20(28)14(3)16(23(15)21)8-6-7-9-31;1-2-4-5-3-1;1-2/h15-16,39H,9-10,12,14,17-18H2,1-8H3;10-11,31,34H,4-9,12-13H2,1-3H3;1-4H2;1-2H2/t33-;27-;;/m00../s1. The van der Waals surface area contributed by atoms with Crippen molar-refractivity contribution in [3.05, 3.63) is 123 Å². The van der Waals surface area contributed by atoms with Gasteiger partial charge in [0.05, 0.1) is 58.0 Å². The van der Waals surface area contributed by atoms with E-state index in [9.17, 15) is 38.9 Å². The van der Waals surface area contributed by atoms with Gasteiger partial charge in [-0.1, -0.05) is 60.3 Å². The fraction of sp³-hybridized carbons (Fsp3) is 0.500. The Morgan fingerprint density at radius 3 is 1.63 bits per heavy atom. The second-order valence-corrected chi connectivity index (χ2v) is 28.3. The minimum atomic E-state index is -1.91. The number of fused-ring (bicyclic) bond motifs is 10. The molecule has 0 amide bonds. The predicted molar refractivity (Wildman–Crippen MR) is 331 cm³/mol. The van der Waals surface area contributed by atoms with Gasteiger partial charge in [0.2, 0.25) is 0 Å². The molecule has 6 aromatic rings. The van der Waals surface area contributed by atoms with E-state index in [0.717, 1.165) is 58.2 Å². The van der Waals surface area contributed by atoms with Crippen molar-refractivity contribution in [2.75, 3.05) is 26.4 Å². The number of hydrogen-bond acceptors (Lipinski definition) is 13. The van der Waals surface area contributed by atoms with E-state index in [1.165, 1.54) is 25.0 Å². The second kappa shape index (κ2) is 25.8. The monoisotopic (exact) mass is 1210 g/mol. The second-order valence-electron chi connectivity index (χ2n) is 23.5. The molecular formula is C64H80F2N4O11P2Si. The van der Waals surface area contributed by atoms with Crippen LogP contribution in [0.1, 0.15) is 160 Å². The number of aliphatic hydroxyl groups excluding tert-OH is 1. The third kappa shape index (κ3) is 11.5. The molecule has 0 bridgehead atoms. The number of pyridine rings is 4. The average molecular weight is 1210 g/mol. The molecule has 84 heavy (non-hydrogen) atoms. The lowest BCUT2D eigenvalue weighted by atomic mass is 9.86. The van der Waals surface area contributed by atoms with Crippen molar-refractivity contribution in [2.45, 2.75) is 182 Å². The van der Waals surface area contributed by atoms with Crippen LogP contribution in [0.2, 0.25) is 18.1 Å². The van der Waals surface area contributed by atoms with Gasteiger partial charge in [0, 0.05) is 89.1 Å². The third-order valence-electron chi connectivity index (χ3n) is 17.8. The van der Waals surface area contributed by atoms with Crippen LogP contribution in [0.25, 0.3) is 44.6 Å². The molecule has 450 valence electrons. The van der Waals surface area contributed by atoms with E-state index in [0.29, 0.717) is 95.8 Å². The number of carbonyl (C=O) groups excluding carboxylic acids is 2. The van der Waals surface area contributed by atoms with Crippen LogP contribution >= 0.6 is 17.9 Å². The van der Waals surface area contributed by atoms with Crippen LogP contribution in [-0.2, 0) is 85.0 Å². The van der Waals surface area contributed by atoms with Crippen molar-refractivity contribution in [1.82, 2.24) is 19.1 Å². The topological polar surface area (TPSA) is 202 Å². The number of ether oxygens (including phenoxy) is 3. The van der Waals surface area contributed by atoms with Gasteiger partial charge < -0.3 is 43.1 Å². The molecule has 0 spiro atoms. The number of benzene rings is 2. The molecule has 2 unspecified atom stereocenters. The van der Waals surface area contributed by atoms with E-state index in [1.54, 1.807) is 49.0 Å². The molecule has 0 radical (unpaired) electrons. The number of cyclic esters (lactones) is 2. The molecule has 1 saturated heterocycles. The molecule has 11 rings (SSSR count). The highest BCUT2D eigenvalue weighted by molar-refractivity contribution is 7.92. The summed E-state index contributed by atoms with van der Waals surface area (Å²) in [5.74, 6) is 4.18. The van der Waals surface area contributed by atoms with E-state index in [4.69, 9.17) is 28.6 Å². The molecule has 3 N–H and O–H groups in total. The Morgan fingerprint density at radius 1 is 0.714 bits per heavy atom. The maximum atomic E-state index is 15.3. The smallest absolute Gasteiger partial charge is 0.343 e. The van der Waals surface area contributed by atoms with Crippen LogP contribution in [-0.4, -0.2) is 81.1 Å². The number of unbranched alkanes of at least 4 members (excludes halogenated alkanes) is 1. The van der Waals surface area contributed by atoms with Crippen molar-refractivity contribution in [1.29, 1.82) is 0 Å². The number of esters is 2. The molecule has 5 aliphatic heterocycles. The maximum Gasteiger partial charge on any atom is 0.343 e. The van der Waals surface area contributed by atoms with Gasteiger partial charge in [-0.2, -0.15) is 0 Å². The summed E-state index contributed by atoms with van der Waals surface area (Å²) in [6.07, 6.45) is 6.49. The summed E-state index contributed by atoms with van der Waals surface area (Å²) in [5, 5.41) is 33.3. The summed E-state index contributed by atoms with van der Waals surface area (Å²) in [5.41, 5.74) is 6.06. The number of aryl methyl sites for hydroxylation is 3. The van der Waals surface area contributed by atoms with Crippen molar-refractivity contribution in [3.8, 4) is 34.6 Å². The van der Waals surface area contributed by atoms with Gasteiger partial charge in [-0.3, -0.25) is 9.59 Å². The molecule has 0 aliphatic carbocycles. The highest BCUT2D eigenvalue weighted by Gasteiger charge is 2.47. The Labute approximate surface area is 495 Å². The minimum absolute atomic E-state index is 0.0629. The zero-order valence-corrected chi connectivity index (χ0v) is 53.7. The quantitative estimate of drug-likeness (QED) is 0.0363. The van der Waals surface area contributed by atoms with E-state index >= 15 is 4.39 Å². The molecule has 4 atom stereocenters. The summed E-state index contributed by atoms with van der Waals surface area (Å²) < 4.78 is 55.0. The third-order valence-corrected chi connectivity index (χ3v) is 22.3. The Morgan fingerprint density at radius 2 is 1.19 bits per heavy atom. The fourth-order valence-corrected chi connectivity index (χ4v) is 12.8. The first kappa shape index (κ1) is 64.4. The maximum absolute atomic E-state index is 15.3. The van der Waals surface area contributed by atoms with Gasteiger partial charge in [-0.15, -0.1) is 17.9 Å². The molecule has 9 heterocycles. The lowest BCUT2D eigenvalue weighted by Crippen LogP contribution is -2.44. The van der Waals surface area contributed by atoms with Crippen LogP contribution in [0.4, 0.5) is 8.78 Å². The number of rotatable bonds is 11. The molecule has 2 aromatic carbocycles. The van der Waals surface area contributed by atoms with Gasteiger partial charge in [-0.05, 0) is 124 Å². The summed E-state index contributed by atoms with van der Waals surface area (Å²) in [6, 6.07) is 6.23. The summed E-state index contributed by atoms with van der Waals surface area (Å²) in [4.78, 5) is 61.7. The summed E-state index contributed by atoms with van der Waals surface area (Å²) in [7, 11) is 2.77. The first-order valence-electron chi connectivity index (χ1n) is 29.2. The molecule has 20 heteroatoms. The molecule has 0 saturated carbocycles. The first-order chi connectivity index (χ1) is 39.9. The first-order valence-corrected chi connectivity index (χ1v) is 34.8. The van der Waals surface area contributed by atoms with Crippen LogP contribution in [0, 0.1) is 37.3 Å². The van der Waals surface area contributed by atoms with E-state index < -0.39 is 37.3 Å². The van der Waals surface area contributed by atoms with E-state index in [1.807, 2.05) is 13.8 Å². The van der Waals surface area contributed by atoms with Crippen LogP contribution in [0.3, 0.4) is 0 Å². The highest BCUT2D eigenvalue weighted by atomic mass is 32.0. The zero-order chi connectivity index (χ0) is 61.4. The van der Waals surface area contributed by atoms with Gasteiger partial charge in [-0.25, -0.2) is 28.3 Å². The Bertz CT molecular complexity index is 3780. The van der Waals surface area contributed by atoms with Crippen molar-refractivity contribution in [3.63, 3.8) is 0 Å². The molecule has 1 fully saturated rings. The van der Waals surface area contributed by atoms with Gasteiger partial charge in [0.15, 0.2) is 19.5 Å².